The number of carbonyl (C=O) groups is 1. The summed E-state index contributed by atoms with van der Waals surface area (Å²) < 4.78 is 0. The van der Waals surface area contributed by atoms with Crippen molar-refractivity contribution < 1.29 is 6.22 Å². The summed E-state index contributed by atoms with van der Waals surface area (Å²) in [7, 11) is 1.64. The van der Waals surface area contributed by atoms with Gasteiger partial charge in [-0.25, -0.2) is 0 Å². The van der Waals surface area contributed by atoms with Crippen LogP contribution in [0.15, 0.2) is 30.3 Å². The number of nitrogens with one attached hydrogen (secondary N) is 1. The third-order valence-corrected chi connectivity index (χ3v) is 1.49. The van der Waals surface area contributed by atoms with Gasteiger partial charge < -0.3 is 5.32 Å². The molecule has 0 aliphatic rings. The lowest BCUT2D eigenvalue weighted by atomic mass is 10.1. The van der Waals surface area contributed by atoms with Crippen molar-refractivity contribution in [2.45, 2.75) is 20.3 Å². The minimum Gasteiger partial charge on any atom is -0.359 e. The molecule has 0 heterocycles. The van der Waals surface area contributed by atoms with Gasteiger partial charge in [0.2, 0.25) is 5.91 Å². The topological polar surface area (TPSA) is 29.1 Å². The number of carbonyl (C=O) groups excluding carboxylic acids is 1. The first-order valence-corrected chi connectivity index (χ1v) is 4.57. The molecule has 1 N–H and O–H groups in total. The molecule has 0 aromatic heterocycles. The molecule has 0 radical (unpaired) electrons. The monoisotopic (exact) mass is 181 g/mol. The van der Waals surface area contributed by atoms with E-state index >= 15 is 0 Å². The van der Waals surface area contributed by atoms with E-state index in [1.165, 1.54) is 0 Å². The molecule has 1 aromatic carbocycles. The number of hydrogen-bond acceptors (Lipinski definition) is 1. The van der Waals surface area contributed by atoms with Gasteiger partial charge in [-0.1, -0.05) is 44.2 Å². The Morgan fingerprint density at radius 3 is 2.31 bits per heavy atom. The average Bonchev–Trinajstić information content (AvgIpc) is 2.22. The fourth-order valence-corrected chi connectivity index (χ4v) is 0.870. The summed E-state index contributed by atoms with van der Waals surface area (Å²) in [6.07, 6.45) is 0.470. The third-order valence-electron chi connectivity index (χ3n) is 1.49. The molecule has 0 bridgehead atoms. The van der Waals surface area contributed by atoms with Crippen LogP contribution in [0.5, 0.6) is 0 Å². The highest BCUT2D eigenvalue weighted by Gasteiger charge is 1.97. The summed E-state index contributed by atoms with van der Waals surface area (Å²) in [5.41, 5.74) is 1.05. The molecule has 0 fully saturated rings. The van der Waals surface area contributed by atoms with Crippen LogP contribution >= 0.6 is 0 Å². The van der Waals surface area contributed by atoms with E-state index in [4.69, 9.17) is 0 Å². The maximum absolute atomic E-state index is 10.9. The van der Waals surface area contributed by atoms with E-state index in [-0.39, 0.29) is 7.33 Å². The van der Waals surface area contributed by atoms with E-state index in [0.29, 0.717) is 6.42 Å². The summed E-state index contributed by atoms with van der Waals surface area (Å²) in [4.78, 5) is 10.9. The molecule has 1 aromatic rings. The third kappa shape index (κ3) is 5.01. The second-order valence-corrected chi connectivity index (χ2v) is 2.34. The zero-order valence-corrected chi connectivity index (χ0v) is 8.50. The molecule has 0 atom stereocenters. The molecular weight excluding hydrogens is 162 g/mol. The number of likely N-dealkylation sites (N-methyl/N-ethyl adjacent to an activating group) is 1. The van der Waals surface area contributed by atoms with Crippen molar-refractivity contribution in [2.24, 2.45) is 0 Å². The van der Waals surface area contributed by atoms with Crippen LogP contribution in [-0.2, 0) is 11.2 Å². The highest BCUT2D eigenvalue weighted by atomic mass is 16.1. The van der Waals surface area contributed by atoms with Gasteiger partial charge in [0, 0.05) is 8.47 Å². The standard InChI is InChI=1S/C9H11NO.C2H6.H2/c1-10-9(11)7-8-5-3-2-4-6-8;1-2;/h2-6H,7H2,1H3,(H,10,11);1-2H3;1H. The number of amides is 1. The molecule has 1 rings (SSSR count). The highest BCUT2D eigenvalue weighted by Crippen LogP contribution is 1.98. The molecular formula is C11H19NO. The van der Waals surface area contributed by atoms with Crippen molar-refractivity contribution >= 4 is 5.91 Å². The smallest absolute Gasteiger partial charge is 0.224 e. The zero-order valence-electron chi connectivity index (χ0n) is 8.50. The molecule has 0 unspecified atom stereocenters. The van der Waals surface area contributed by atoms with E-state index < -0.39 is 0 Å². The van der Waals surface area contributed by atoms with E-state index in [1.807, 2.05) is 44.2 Å². The normalized spacial score (nSPS) is 8.23. The van der Waals surface area contributed by atoms with Crippen LogP contribution in [0.2, 0.25) is 0 Å². The molecule has 13 heavy (non-hydrogen) atoms. The van der Waals surface area contributed by atoms with E-state index in [9.17, 15) is 4.79 Å². The molecule has 2 nitrogen and oxygen atoms in total. The molecule has 0 saturated carbocycles. The molecule has 1 amide bonds. The Bertz CT molecular complexity index is 236. The van der Waals surface area contributed by atoms with Crippen molar-refractivity contribution in [3.05, 3.63) is 35.9 Å². The van der Waals surface area contributed by atoms with Gasteiger partial charge in [-0.2, -0.15) is 0 Å². The van der Waals surface area contributed by atoms with Crippen LogP contribution in [-0.4, -0.2) is 13.0 Å². The van der Waals surface area contributed by atoms with E-state index in [2.05, 4.69) is 5.32 Å². The average molecular weight is 181 g/mol. The van der Waals surface area contributed by atoms with Crippen LogP contribution in [0.1, 0.15) is 20.8 Å². The van der Waals surface area contributed by atoms with Crippen molar-refractivity contribution in [1.82, 2.24) is 5.32 Å². The van der Waals surface area contributed by atoms with Gasteiger partial charge in [0.15, 0.2) is 0 Å². The minimum absolute atomic E-state index is 0. The van der Waals surface area contributed by atoms with E-state index in [1.54, 1.807) is 7.05 Å². The second kappa shape index (κ2) is 7.35. The van der Waals surface area contributed by atoms with Gasteiger partial charge in [-0.05, 0) is 5.56 Å². The maximum Gasteiger partial charge on any atom is 0.224 e. The second-order valence-electron chi connectivity index (χ2n) is 2.34. The Morgan fingerprint density at radius 2 is 1.85 bits per heavy atom. The molecule has 2 heteroatoms. The molecule has 0 saturated heterocycles. The summed E-state index contributed by atoms with van der Waals surface area (Å²) >= 11 is 0. The first-order valence-electron chi connectivity index (χ1n) is 4.57. The summed E-state index contributed by atoms with van der Waals surface area (Å²) in [6, 6.07) is 9.67. The van der Waals surface area contributed by atoms with Gasteiger partial charge in [0.25, 0.3) is 0 Å². The van der Waals surface area contributed by atoms with Gasteiger partial charge in [-0.3, -0.25) is 4.79 Å². The first-order chi connectivity index (χ1) is 6.33. The minimum atomic E-state index is 0. The van der Waals surface area contributed by atoms with Crippen LogP contribution in [0.4, 0.5) is 0 Å². The molecule has 74 valence electrons. The summed E-state index contributed by atoms with van der Waals surface area (Å²) in [5.74, 6) is 0.0520. The van der Waals surface area contributed by atoms with Crippen molar-refractivity contribution in [1.29, 1.82) is 0 Å². The number of rotatable bonds is 2. The fraction of sp³-hybridized carbons (Fsp3) is 0.364. The van der Waals surface area contributed by atoms with Crippen molar-refractivity contribution in [3.63, 3.8) is 0 Å². The van der Waals surface area contributed by atoms with Crippen LogP contribution in [0.25, 0.3) is 0 Å². The fourth-order valence-electron chi connectivity index (χ4n) is 0.870. The SMILES string of the molecule is CC.CNC(=O)Cc1ccccc1.[HH]. The number of hydrogen-bond donors (Lipinski definition) is 1. The Labute approximate surface area is 81.5 Å². The quantitative estimate of drug-likeness (QED) is 0.745. The van der Waals surface area contributed by atoms with Crippen molar-refractivity contribution in [2.75, 3.05) is 7.05 Å². The molecule has 0 aliphatic carbocycles. The highest BCUT2D eigenvalue weighted by molar-refractivity contribution is 5.78. The van der Waals surface area contributed by atoms with E-state index in [0.717, 1.165) is 5.56 Å². The predicted octanol–water partition coefficient (Wildman–Crippen LogP) is 2.25. The zero-order chi connectivity index (χ0) is 10.1. The Hall–Kier alpha value is -1.31. The van der Waals surface area contributed by atoms with Gasteiger partial charge in [0.1, 0.15) is 0 Å². The van der Waals surface area contributed by atoms with Gasteiger partial charge in [-0.15, -0.1) is 0 Å². The van der Waals surface area contributed by atoms with Crippen LogP contribution in [0, 0.1) is 0 Å². The van der Waals surface area contributed by atoms with Gasteiger partial charge in [0.05, 0.1) is 6.42 Å². The van der Waals surface area contributed by atoms with Gasteiger partial charge >= 0.3 is 0 Å². The summed E-state index contributed by atoms with van der Waals surface area (Å²) in [5, 5.41) is 2.57. The molecule has 0 aliphatic heterocycles. The Kier molecular flexibility index (Phi) is 6.60. The number of benzene rings is 1. The first kappa shape index (κ1) is 11.7. The van der Waals surface area contributed by atoms with Crippen LogP contribution < -0.4 is 5.32 Å². The predicted molar refractivity (Wildman–Crippen MR) is 57.7 cm³/mol. The Balaban J connectivity index is 0. The van der Waals surface area contributed by atoms with Crippen LogP contribution in [0.3, 0.4) is 0 Å². The lowest BCUT2D eigenvalue weighted by Gasteiger charge is -1.98. The summed E-state index contributed by atoms with van der Waals surface area (Å²) in [6.45, 7) is 4.00. The maximum atomic E-state index is 10.9. The largest absolute Gasteiger partial charge is 0.359 e. The Morgan fingerprint density at radius 1 is 1.31 bits per heavy atom. The lowest BCUT2D eigenvalue weighted by Crippen LogP contribution is -2.19. The lowest BCUT2D eigenvalue weighted by molar-refractivity contribution is -0.119. The molecule has 0 spiro atoms. The van der Waals surface area contributed by atoms with Crippen molar-refractivity contribution in [3.8, 4) is 0 Å².